The van der Waals surface area contributed by atoms with Gasteiger partial charge in [-0.05, 0) is 48.9 Å². The molecule has 0 saturated carbocycles. The van der Waals surface area contributed by atoms with Crippen LogP contribution in [0.1, 0.15) is 22.4 Å². The van der Waals surface area contributed by atoms with Crippen molar-refractivity contribution in [2.45, 2.75) is 25.7 Å². The molecule has 0 radical (unpaired) electrons. The Bertz CT molecular complexity index is 913. The Hall–Kier alpha value is -2.05. The Labute approximate surface area is 163 Å². The summed E-state index contributed by atoms with van der Waals surface area (Å²) in [5.74, 6) is 2.48. The molecule has 1 aliphatic carbocycles. The molecule has 0 bridgehead atoms. The first kappa shape index (κ1) is 18.7. The smallest absolute Gasteiger partial charge is 0.160 e. The van der Waals surface area contributed by atoms with Crippen molar-refractivity contribution in [1.29, 1.82) is 0 Å². The van der Waals surface area contributed by atoms with Crippen LogP contribution in [0.5, 0.6) is 11.5 Å². The molecule has 0 atom stereocenters. The van der Waals surface area contributed by atoms with Crippen LogP contribution in [0.3, 0.4) is 0 Å². The van der Waals surface area contributed by atoms with Crippen LogP contribution < -0.4 is 14.8 Å². The SMILES string of the molecule is COc1ccc(CCNc2ncnc3sc4c(c23)CCC4)cc1OC.Cl. The molecule has 4 rings (SSSR count). The maximum absolute atomic E-state index is 5.37. The molecule has 0 unspecified atom stereocenters. The van der Waals surface area contributed by atoms with Crippen molar-refractivity contribution >= 4 is 39.8 Å². The lowest BCUT2D eigenvalue weighted by molar-refractivity contribution is 0.354. The highest BCUT2D eigenvalue weighted by atomic mass is 35.5. The fourth-order valence-electron chi connectivity index (χ4n) is 3.42. The molecular weight excluding hydrogens is 370 g/mol. The minimum Gasteiger partial charge on any atom is -0.493 e. The number of hydrogen-bond acceptors (Lipinski definition) is 6. The van der Waals surface area contributed by atoms with Crippen molar-refractivity contribution < 1.29 is 9.47 Å². The van der Waals surface area contributed by atoms with Crippen molar-refractivity contribution in [3.05, 3.63) is 40.5 Å². The first-order valence-corrected chi connectivity index (χ1v) is 9.32. The number of thiophene rings is 1. The number of rotatable bonds is 6. The Morgan fingerprint density at radius 2 is 1.96 bits per heavy atom. The quantitative estimate of drug-likeness (QED) is 0.679. The number of anilines is 1. The number of halogens is 1. The summed E-state index contributed by atoms with van der Waals surface area (Å²) in [6, 6.07) is 6.04. The van der Waals surface area contributed by atoms with Gasteiger partial charge in [-0.1, -0.05) is 6.07 Å². The average Bonchev–Trinajstić information content (AvgIpc) is 3.22. The van der Waals surface area contributed by atoms with E-state index < -0.39 is 0 Å². The maximum Gasteiger partial charge on any atom is 0.160 e. The summed E-state index contributed by atoms with van der Waals surface area (Å²) in [7, 11) is 3.31. The van der Waals surface area contributed by atoms with Gasteiger partial charge in [0.2, 0.25) is 0 Å². The van der Waals surface area contributed by atoms with E-state index >= 15 is 0 Å². The van der Waals surface area contributed by atoms with E-state index in [-0.39, 0.29) is 12.4 Å². The monoisotopic (exact) mass is 391 g/mol. The van der Waals surface area contributed by atoms with E-state index in [2.05, 4.69) is 21.4 Å². The summed E-state index contributed by atoms with van der Waals surface area (Å²) in [5, 5.41) is 4.73. The van der Waals surface area contributed by atoms with Gasteiger partial charge in [-0.2, -0.15) is 0 Å². The first-order valence-electron chi connectivity index (χ1n) is 8.50. The Balaban J connectivity index is 0.00000196. The predicted octanol–water partition coefficient (Wildman–Crippen LogP) is 4.27. The normalized spacial score (nSPS) is 12.5. The summed E-state index contributed by atoms with van der Waals surface area (Å²) in [5.41, 5.74) is 2.65. The van der Waals surface area contributed by atoms with E-state index in [9.17, 15) is 0 Å². The third-order valence-electron chi connectivity index (χ3n) is 4.66. The highest BCUT2D eigenvalue weighted by molar-refractivity contribution is 7.19. The van der Waals surface area contributed by atoms with Crippen molar-refractivity contribution in [3.63, 3.8) is 0 Å². The van der Waals surface area contributed by atoms with Crippen LogP contribution >= 0.6 is 23.7 Å². The molecule has 0 aliphatic heterocycles. The summed E-state index contributed by atoms with van der Waals surface area (Å²) < 4.78 is 10.7. The second-order valence-electron chi connectivity index (χ2n) is 6.13. The van der Waals surface area contributed by atoms with Gasteiger partial charge in [0.05, 0.1) is 19.6 Å². The van der Waals surface area contributed by atoms with Gasteiger partial charge in [0, 0.05) is 11.4 Å². The van der Waals surface area contributed by atoms with Crippen LogP contribution in [-0.4, -0.2) is 30.7 Å². The third-order valence-corrected chi connectivity index (χ3v) is 5.86. The number of hydrogen-bond donors (Lipinski definition) is 1. The average molecular weight is 392 g/mol. The van der Waals surface area contributed by atoms with Gasteiger partial charge in [0.25, 0.3) is 0 Å². The van der Waals surface area contributed by atoms with Crippen LogP contribution in [0.25, 0.3) is 10.2 Å². The summed E-state index contributed by atoms with van der Waals surface area (Å²) in [6.45, 7) is 0.812. The molecule has 1 aliphatic rings. The van der Waals surface area contributed by atoms with E-state index in [1.54, 1.807) is 20.5 Å². The van der Waals surface area contributed by atoms with E-state index in [1.165, 1.54) is 34.2 Å². The molecule has 0 amide bonds. The summed E-state index contributed by atoms with van der Waals surface area (Å²) in [6.07, 6.45) is 6.12. The van der Waals surface area contributed by atoms with Gasteiger partial charge in [0.15, 0.2) is 11.5 Å². The first-order chi connectivity index (χ1) is 12.3. The second-order valence-corrected chi connectivity index (χ2v) is 7.21. The molecule has 0 spiro atoms. The van der Waals surface area contributed by atoms with E-state index in [0.29, 0.717) is 0 Å². The minimum absolute atomic E-state index is 0. The van der Waals surface area contributed by atoms with Crippen molar-refractivity contribution in [1.82, 2.24) is 9.97 Å². The zero-order chi connectivity index (χ0) is 17.2. The lowest BCUT2D eigenvalue weighted by Gasteiger charge is -2.11. The van der Waals surface area contributed by atoms with Crippen molar-refractivity contribution in [2.75, 3.05) is 26.1 Å². The van der Waals surface area contributed by atoms with Crippen LogP contribution in [0.4, 0.5) is 5.82 Å². The standard InChI is InChI=1S/C19H21N3O2S.ClH/c1-23-14-7-6-12(10-15(14)24-2)8-9-20-18-17-13-4-3-5-16(13)25-19(17)22-11-21-18;/h6-7,10-11H,3-5,8-9H2,1-2H3,(H,20,21,22);1H. The van der Waals surface area contributed by atoms with Crippen molar-refractivity contribution in [3.8, 4) is 11.5 Å². The molecule has 3 aromatic rings. The van der Waals surface area contributed by atoms with E-state index in [4.69, 9.17) is 9.47 Å². The van der Waals surface area contributed by atoms with E-state index in [1.807, 2.05) is 23.5 Å². The Kier molecular flexibility index (Phi) is 5.84. The third kappa shape index (κ3) is 3.44. The Morgan fingerprint density at radius 3 is 2.77 bits per heavy atom. The van der Waals surface area contributed by atoms with Gasteiger partial charge in [-0.25, -0.2) is 9.97 Å². The maximum atomic E-state index is 5.37. The molecule has 1 aromatic carbocycles. The zero-order valence-electron chi connectivity index (χ0n) is 14.9. The summed E-state index contributed by atoms with van der Waals surface area (Å²) >= 11 is 1.82. The van der Waals surface area contributed by atoms with Gasteiger partial charge < -0.3 is 14.8 Å². The van der Waals surface area contributed by atoms with Crippen LogP contribution in [-0.2, 0) is 19.3 Å². The fourth-order valence-corrected chi connectivity index (χ4v) is 4.65. The fraction of sp³-hybridized carbons (Fsp3) is 0.368. The zero-order valence-corrected chi connectivity index (χ0v) is 16.5. The predicted molar refractivity (Wildman–Crippen MR) is 108 cm³/mol. The molecule has 2 heterocycles. The number of aryl methyl sites for hydroxylation is 2. The molecule has 2 aromatic heterocycles. The van der Waals surface area contributed by atoms with Gasteiger partial charge in [-0.15, -0.1) is 23.7 Å². The largest absolute Gasteiger partial charge is 0.493 e. The van der Waals surface area contributed by atoms with Crippen LogP contribution in [0, 0.1) is 0 Å². The van der Waals surface area contributed by atoms with Crippen LogP contribution in [0.2, 0.25) is 0 Å². The number of ether oxygens (including phenoxy) is 2. The number of aromatic nitrogens is 2. The number of nitrogens with zero attached hydrogens (tertiary/aromatic N) is 2. The molecular formula is C19H22ClN3O2S. The number of methoxy groups -OCH3 is 2. The number of nitrogens with one attached hydrogen (secondary N) is 1. The molecule has 1 N–H and O–H groups in total. The molecule has 7 heteroatoms. The molecule has 5 nitrogen and oxygen atoms in total. The molecule has 26 heavy (non-hydrogen) atoms. The second kappa shape index (κ2) is 8.10. The van der Waals surface area contributed by atoms with E-state index in [0.717, 1.165) is 41.5 Å². The number of benzene rings is 1. The number of fused-ring (bicyclic) bond motifs is 3. The molecule has 138 valence electrons. The Morgan fingerprint density at radius 1 is 1.12 bits per heavy atom. The van der Waals surface area contributed by atoms with Gasteiger partial charge >= 0.3 is 0 Å². The molecule has 0 saturated heterocycles. The minimum atomic E-state index is 0. The molecule has 0 fully saturated rings. The topological polar surface area (TPSA) is 56.3 Å². The van der Waals surface area contributed by atoms with Crippen LogP contribution in [0.15, 0.2) is 24.5 Å². The van der Waals surface area contributed by atoms with Crippen molar-refractivity contribution in [2.24, 2.45) is 0 Å². The lowest BCUT2D eigenvalue weighted by atomic mass is 10.1. The lowest BCUT2D eigenvalue weighted by Crippen LogP contribution is -2.07. The highest BCUT2D eigenvalue weighted by Gasteiger charge is 2.20. The summed E-state index contributed by atoms with van der Waals surface area (Å²) in [4.78, 5) is 11.5. The van der Waals surface area contributed by atoms with Gasteiger partial charge in [-0.3, -0.25) is 0 Å². The van der Waals surface area contributed by atoms with Gasteiger partial charge in [0.1, 0.15) is 17.0 Å². The highest BCUT2D eigenvalue weighted by Crippen LogP contribution is 2.39.